The van der Waals surface area contributed by atoms with Crippen molar-refractivity contribution in [2.75, 3.05) is 12.5 Å². The van der Waals surface area contributed by atoms with Crippen molar-refractivity contribution < 1.29 is 14.4 Å². The number of ether oxygens (including phenoxy) is 2. The average molecular weight is 457 g/mol. The Hall–Kier alpha value is -3.46. The summed E-state index contributed by atoms with van der Waals surface area (Å²) in [5.74, 6) is 1.16. The van der Waals surface area contributed by atoms with Gasteiger partial charge in [0.25, 0.3) is 0 Å². The number of hydrazone groups is 1. The van der Waals surface area contributed by atoms with Gasteiger partial charge in [0.2, 0.25) is 5.82 Å². The molecule has 0 amide bonds. The molecule has 0 aliphatic rings. The van der Waals surface area contributed by atoms with Crippen LogP contribution in [0, 0.1) is 10.1 Å². The van der Waals surface area contributed by atoms with Gasteiger partial charge in [-0.1, -0.05) is 30.3 Å². The monoisotopic (exact) mass is 456 g/mol. The number of benzene rings is 2. The molecule has 0 aliphatic carbocycles. The number of methoxy groups -OCH3 is 1. The van der Waals surface area contributed by atoms with Gasteiger partial charge in [0.1, 0.15) is 6.61 Å². The highest BCUT2D eigenvalue weighted by Gasteiger charge is 2.14. The van der Waals surface area contributed by atoms with Crippen LogP contribution in [0.15, 0.2) is 70.4 Å². The summed E-state index contributed by atoms with van der Waals surface area (Å²) >= 11 is 3.49. The van der Waals surface area contributed by atoms with Crippen LogP contribution in [0.4, 0.5) is 11.5 Å². The molecule has 148 valence electrons. The molecule has 1 aromatic heterocycles. The number of aromatic nitrogens is 1. The molecule has 0 spiro atoms. The molecule has 8 nitrogen and oxygen atoms in total. The minimum Gasteiger partial charge on any atom is -0.493 e. The lowest BCUT2D eigenvalue weighted by Crippen LogP contribution is -2.01. The first kappa shape index (κ1) is 20.3. The van der Waals surface area contributed by atoms with Gasteiger partial charge >= 0.3 is 5.69 Å². The van der Waals surface area contributed by atoms with Crippen molar-refractivity contribution in [3.63, 3.8) is 0 Å². The second-order valence-electron chi connectivity index (χ2n) is 5.81. The first-order valence-electron chi connectivity index (χ1n) is 8.51. The Morgan fingerprint density at radius 1 is 1.24 bits per heavy atom. The Labute approximate surface area is 175 Å². The Morgan fingerprint density at radius 3 is 2.76 bits per heavy atom. The number of anilines is 1. The molecule has 3 rings (SSSR count). The van der Waals surface area contributed by atoms with E-state index in [0.29, 0.717) is 28.1 Å². The number of hydrogen-bond acceptors (Lipinski definition) is 7. The van der Waals surface area contributed by atoms with Gasteiger partial charge in [-0.2, -0.15) is 5.10 Å². The zero-order valence-corrected chi connectivity index (χ0v) is 17.0. The van der Waals surface area contributed by atoms with Crippen LogP contribution in [0.5, 0.6) is 11.5 Å². The second-order valence-corrected chi connectivity index (χ2v) is 6.66. The third-order valence-electron chi connectivity index (χ3n) is 3.84. The minimum atomic E-state index is -0.524. The molecule has 2 aromatic carbocycles. The van der Waals surface area contributed by atoms with Gasteiger partial charge in [-0.25, -0.2) is 4.98 Å². The molecule has 0 atom stereocenters. The third kappa shape index (κ3) is 5.29. The topological polar surface area (TPSA) is 98.9 Å². The molecule has 0 radical (unpaired) electrons. The number of nitro groups is 1. The quantitative estimate of drug-likeness (QED) is 0.297. The molecule has 0 fully saturated rings. The van der Waals surface area contributed by atoms with Crippen molar-refractivity contribution in [1.82, 2.24) is 4.98 Å². The number of pyridine rings is 1. The maximum atomic E-state index is 11.0. The number of nitrogens with zero attached hydrogens (tertiary/aromatic N) is 3. The maximum absolute atomic E-state index is 11.0. The van der Waals surface area contributed by atoms with Gasteiger partial charge in [0.05, 0.1) is 22.7 Å². The van der Waals surface area contributed by atoms with Crippen molar-refractivity contribution in [2.45, 2.75) is 6.61 Å². The van der Waals surface area contributed by atoms with Crippen molar-refractivity contribution in [1.29, 1.82) is 0 Å². The standard InChI is InChI=1S/C20H17BrN4O4/c1-28-18-11-15(12-23-24-20-17(25(26)27)8-5-9-22-20)10-16(21)19(18)29-13-14-6-3-2-4-7-14/h2-12H,13H2,1H3,(H,22,24)/b23-12-. The lowest BCUT2D eigenvalue weighted by atomic mass is 10.2. The van der Waals surface area contributed by atoms with E-state index in [1.807, 2.05) is 30.3 Å². The largest absolute Gasteiger partial charge is 0.493 e. The molecule has 0 saturated heterocycles. The van der Waals surface area contributed by atoms with E-state index in [-0.39, 0.29) is 11.5 Å². The van der Waals surface area contributed by atoms with Crippen LogP contribution in [-0.2, 0) is 6.61 Å². The average Bonchev–Trinajstić information content (AvgIpc) is 2.73. The summed E-state index contributed by atoms with van der Waals surface area (Å²) in [6.07, 6.45) is 2.95. The van der Waals surface area contributed by atoms with Crippen LogP contribution in [0.2, 0.25) is 0 Å². The second kappa shape index (κ2) is 9.65. The number of rotatable bonds is 8. The minimum absolute atomic E-state index is 0.0580. The highest BCUT2D eigenvalue weighted by Crippen LogP contribution is 2.36. The van der Waals surface area contributed by atoms with Gasteiger partial charge in [-0.15, -0.1) is 0 Å². The summed E-state index contributed by atoms with van der Waals surface area (Å²) in [4.78, 5) is 14.4. The molecule has 1 heterocycles. The Bertz CT molecular complexity index is 1030. The number of hydrogen-bond donors (Lipinski definition) is 1. The third-order valence-corrected chi connectivity index (χ3v) is 4.43. The molecule has 3 aromatic rings. The van der Waals surface area contributed by atoms with Gasteiger partial charge in [0, 0.05) is 12.3 Å². The highest BCUT2D eigenvalue weighted by atomic mass is 79.9. The van der Waals surface area contributed by atoms with Crippen LogP contribution >= 0.6 is 15.9 Å². The Balaban J connectivity index is 1.75. The van der Waals surface area contributed by atoms with Gasteiger partial charge in [0.15, 0.2) is 11.5 Å². The van der Waals surface area contributed by atoms with E-state index in [1.165, 1.54) is 24.5 Å². The van der Waals surface area contributed by atoms with Gasteiger partial charge < -0.3 is 9.47 Å². The fourth-order valence-electron chi connectivity index (χ4n) is 2.48. The lowest BCUT2D eigenvalue weighted by Gasteiger charge is -2.13. The highest BCUT2D eigenvalue weighted by molar-refractivity contribution is 9.10. The summed E-state index contributed by atoms with van der Waals surface area (Å²) in [6.45, 7) is 0.397. The van der Waals surface area contributed by atoms with Crippen molar-refractivity contribution >= 4 is 33.6 Å². The SMILES string of the molecule is COc1cc(/C=N\Nc2ncccc2[N+](=O)[O-])cc(Br)c1OCc1ccccc1. The number of nitrogens with one attached hydrogen (secondary N) is 1. The first-order valence-corrected chi connectivity index (χ1v) is 9.30. The smallest absolute Gasteiger partial charge is 0.313 e. The predicted molar refractivity (Wildman–Crippen MR) is 114 cm³/mol. The Kier molecular flexibility index (Phi) is 6.75. The van der Waals surface area contributed by atoms with Gasteiger partial charge in [-0.05, 0) is 45.3 Å². The summed E-state index contributed by atoms with van der Waals surface area (Å²) < 4.78 is 12.0. The first-order chi connectivity index (χ1) is 14.1. The van der Waals surface area contributed by atoms with E-state index in [1.54, 1.807) is 19.2 Å². The van der Waals surface area contributed by atoms with E-state index >= 15 is 0 Å². The summed E-state index contributed by atoms with van der Waals surface area (Å²) in [5, 5.41) is 15.1. The lowest BCUT2D eigenvalue weighted by molar-refractivity contribution is -0.384. The fraction of sp³-hybridized carbons (Fsp3) is 0.100. The van der Waals surface area contributed by atoms with E-state index in [9.17, 15) is 10.1 Å². The van der Waals surface area contributed by atoms with Crippen LogP contribution in [0.25, 0.3) is 0 Å². The summed E-state index contributed by atoms with van der Waals surface area (Å²) in [6, 6.07) is 16.2. The molecular weight excluding hydrogens is 440 g/mol. The fourth-order valence-corrected chi connectivity index (χ4v) is 3.06. The van der Waals surface area contributed by atoms with E-state index < -0.39 is 4.92 Å². The molecule has 0 unspecified atom stereocenters. The molecular formula is C20H17BrN4O4. The summed E-state index contributed by atoms with van der Waals surface area (Å²) in [5.41, 5.74) is 4.17. The predicted octanol–water partition coefficient (Wildman–Crippen LogP) is 4.79. The van der Waals surface area contributed by atoms with Gasteiger partial charge in [-0.3, -0.25) is 15.5 Å². The zero-order valence-electron chi connectivity index (χ0n) is 15.4. The van der Waals surface area contributed by atoms with Crippen molar-refractivity contribution in [3.8, 4) is 11.5 Å². The van der Waals surface area contributed by atoms with Crippen molar-refractivity contribution in [3.05, 3.63) is 86.5 Å². The van der Waals surface area contributed by atoms with E-state index in [4.69, 9.17) is 9.47 Å². The van der Waals surface area contributed by atoms with Crippen molar-refractivity contribution in [2.24, 2.45) is 5.10 Å². The van der Waals surface area contributed by atoms with E-state index in [0.717, 1.165) is 5.56 Å². The number of halogens is 1. The molecule has 29 heavy (non-hydrogen) atoms. The molecule has 1 N–H and O–H groups in total. The van der Waals surface area contributed by atoms with E-state index in [2.05, 4.69) is 31.4 Å². The maximum Gasteiger partial charge on any atom is 0.313 e. The zero-order chi connectivity index (χ0) is 20.6. The normalized spacial score (nSPS) is 10.7. The molecule has 0 bridgehead atoms. The summed E-state index contributed by atoms with van der Waals surface area (Å²) in [7, 11) is 1.55. The molecule has 0 aliphatic heterocycles. The Morgan fingerprint density at radius 2 is 2.03 bits per heavy atom. The van der Waals surface area contributed by atoms with Crippen LogP contribution < -0.4 is 14.9 Å². The van der Waals surface area contributed by atoms with Crippen LogP contribution in [0.3, 0.4) is 0 Å². The molecule has 0 saturated carbocycles. The van der Waals surface area contributed by atoms with Crippen LogP contribution in [0.1, 0.15) is 11.1 Å². The molecule has 9 heteroatoms. The van der Waals surface area contributed by atoms with Crippen LogP contribution in [-0.4, -0.2) is 23.2 Å².